The minimum Gasteiger partial charge on any atom is -0.468 e. The van der Waals surface area contributed by atoms with Crippen molar-refractivity contribution in [3.63, 3.8) is 0 Å². The van der Waals surface area contributed by atoms with Gasteiger partial charge in [0, 0.05) is 53.8 Å². The summed E-state index contributed by atoms with van der Waals surface area (Å²) in [4.78, 5) is 10.5. The summed E-state index contributed by atoms with van der Waals surface area (Å²) in [5.74, 6) is 0.118. The number of anilines is 1. The Morgan fingerprint density at radius 2 is 2.06 bits per heavy atom. The van der Waals surface area contributed by atoms with Gasteiger partial charge in [-0.1, -0.05) is 23.2 Å². The number of halogens is 3. The number of aromatic nitrogens is 4. The lowest BCUT2D eigenvalue weighted by Crippen LogP contribution is -2.48. The molecule has 4 aromatic rings. The lowest BCUT2D eigenvalue weighted by molar-refractivity contribution is 0.205. The molecule has 5 rings (SSSR count). The average molecular weight is 498 g/mol. The van der Waals surface area contributed by atoms with Crippen LogP contribution in [0.1, 0.15) is 24.6 Å². The molecule has 0 radical (unpaired) electrons. The molecule has 1 aliphatic rings. The van der Waals surface area contributed by atoms with Crippen molar-refractivity contribution in [3.8, 4) is 23.1 Å². The fourth-order valence-electron chi connectivity index (χ4n) is 3.97. The Morgan fingerprint density at radius 1 is 1.26 bits per heavy atom. The van der Waals surface area contributed by atoms with Gasteiger partial charge in [0.1, 0.15) is 11.5 Å². The van der Waals surface area contributed by atoms with Gasteiger partial charge in [-0.15, -0.1) is 0 Å². The van der Waals surface area contributed by atoms with Crippen LogP contribution in [0.4, 0.5) is 10.2 Å². The number of rotatable bonds is 6. The molecule has 0 bridgehead atoms. The second kappa shape index (κ2) is 9.06. The van der Waals surface area contributed by atoms with Crippen LogP contribution in [-0.4, -0.2) is 32.8 Å². The van der Waals surface area contributed by atoms with Gasteiger partial charge in [-0.2, -0.15) is 10.4 Å². The highest BCUT2D eigenvalue weighted by molar-refractivity contribution is 6.35. The molecule has 0 saturated carbocycles. The summed E-state index contributed by atoms with van der Waals surface area (Å²) in [5.41, 5.74) is 8.26. The van der Waals surface area contributed by atoms with Crippen molar-refractivity contribution < 1.29 is 9.13 Å². The summed E-state index contributed by atoms with van der Waals surface area (Å²) >= 11 is 12.3. The Balaban J connectivity index is 1.44. The number of fused-ring (bicyclic) bond motifs is 1. The average Bonchev–Trinajstić information content (AvgIpc) is 3.20. The zero-order valence-electron chi connectivity index (χ0n) is 17.7. The number of ether oxygens (including phenoxy) is 1. The smallest absolute Gasteiger partial charge is 0.177 e. The van der Waals surface area contributed by atoms with Gasteiger partial charge in [0.05, 0.1) is 28.1 Å². The quantitative estimate of drug-likeness (QED) is 0.360. The highest BCUT2D eigenvalue weighted by Gasteiger charge is 2.28. The molecule has 11 heteroatoms. The molecule has 0 aliphatic carbocycles. The number of pyridine rings is 2. The topological polar surface area (TPSA) is 117 Å². The number of nitriles is 1. The van der Waals surface area contributed by atoms with E-state index in [1.54, 1.807) is 6.20 Å². The summed E-state index contributed by atoms with van der Waals surface area (Å²) in [6.45, 7) is 0.871. The molecule has 0 unspecified atom stereocenters. The van der Waals surface area contributed by atoms with Gasteiger partial charge in [0.2, 0.25) is 0 Å². The number of nitrogens with two attached hydrogens (primary N) is 1. The van der Waals surface area contributed by atoms with Gasteiger partial charge < -0.3 is 9.64 Å². The molecule has 34 heavy (non-hydrogen) atoms. The lowest BCUT2D eigenvalue weighted by Gasteiger charge is -2.40. The fourth-order valence-corrected chi connectivity index (χ4v) is 4.55. The normalized spacial score (nSPS) is 16.2. The second-order valence-corrected chi connectivity index (χ2v) is 8.67. The summed E-state index contributed by atoms with van der Waals surface area (Å²) in [7, 11) is 0. The number of benzene rings is 1. The van der Waals surface area contributed by atoms with E-state index >= 15 is 0 Å². The Labute approximate surface area is 204 Å². The van der Waals surface area contributed by atoms with E-state index in [2.05, 4.69) is 31.1 Å². The molecule has 1 fully saturated rings. The maximum absolute atomic E-state index is 14.7. The van der Waals surface area contributed by atoms with Crippen LogP contribution in [0.5, 0.6) is 5.75 Å². The van der Waals surface area contributed by atoms with Crippen molar-refractivity contribution in [2.75, 3.05) is 11.4 Å². The van der Waals surface area contributed by atoms with Crippen molar-refractivity contribution in [3.05, 3.63) is 64.3 Å². The van der Waals surface area contributed by atoms with Crippen LogP contribution in [0.15, 0.2) is 42.9 Å². The van der Waals surface area contributed by atoms with E-state index in [1.165, 1.54) is 24.5 Å². The van der Waals surface area contributed by atoms with E-state index in [1.807, 2.05) is 12.1 Å². The summed E-state index contributed by atoms with van der Waals surface area (Å²) < 4.78 is 20.4. The first-order valence-electron chi connectivity index (χ1n) is 10.4. The maximum Gasteiger partial charge on any atom is 0.177 e. The van der Waals surface area contributed by atoms with Crippen LogP contribution in [0.3, 0.4) is 0 Å². The first-order valence-corrected chi connectivity index (χ1v) is 11.2. The number of nitrogens with one attached hydrogen (secondary N) is 1. The van der Waals surface area contributed by atoms with Gasteiger partial charge in [-0.25, -0.2) is 9.37 Å². The van der Waals surface area contributed by atoms with Crippen molar-refractivity contribution >= 4 is 39.9 Å². The van der Waals surface area contributed by atoms with Gasteiger partial charge >= 0.3 is 0 Å². The van der Waals surface area contributed by atoms with Crippen LogP contribution >= 0.6 is 23.2 Å². The molecule has 3 N–H and O–H groups in total. The van der Waals surface area contributed by atoms with Gasteiger partial charge in [0.25, 0.3) is 0 Å². The third-order valence-electron chi connectivity index (χ3n) is 5.83. The molecule has 1 aromatic carbocycles. The van der Waals surface area contributed by atoms with Crippen LogP contribution in [0, 0.1) is 17.1 Å². The second-order valence-electron chi connectivity index (χ2n) is 7.86. The van der Waals surface area contributed by atoms with E-state index in [-0.39, 0.29) is 21.8 Å². The minimum absolute atomic E-state index is 0.0731. The molecule has 4 heterocycles. The summed E-state index contributed by atoms with van der Waals surface area (Å²) in [6, 6.07) is 9.01. The first-order chi connectivity index (χ1) is 16.5. The zero-order chi connectivity index (χ0) is 23.8. The monoisotopic (exact) mass is 497 g/mol. The molecule has 172 valence electrons. The van der Waals surface area contributed by atoms with Gasteiger partial charge in [-0.05, 0) is 24.6 Å². The molecule has 0 amide bonds. The number of hydrogen-bond donors (Lipinski definition) is 2. The molecule has 1 aliphatic heterocycles. The number of nitrogens with zero attached hydrogens (tertiary/aromatic N) is 5. The predicted molar refractivity (Wildman–Crippen MR) is 127 cm³/mol. The van der Waals surface area contributed by atoms with Crippen molar-refractivity contribution in [2.45, 2.75) is 25.1 Å². The SMILES string of the molecule is N#CC[C@@H]1CCN1c1ccc(-c2n[nH]c3cc(F)c(O[C@H](N)c4c(Cl)cncc4Cl)cc23)cn1. The largest absolute Gasteiger partial charge is 0.468 e. The summed E-state index contributed by atoms with van der Waals surface area (Å²) in [6.07, 6.45) is 4.83. The Hall–Kier alpha value is -3.45. The molecule has 1 saturated heterocycles. The zero-order valence-corrected chi connectivity index (χ0v) is 19.2. The Morgan fingerprint density at radius 3 is 2.71 bits per heavy atom. The predicted octanol–water partition coefficient (Wildman–Crippen LogP) is 4.99. The molecular weight excluding hydrogens is 480 g/mol. The molecule has 0 spiro atoms. The highest BCUT2D eigenvalue weighted by atomic mass is 35.5. The minimum atomic E-state index is -1.11. The van der Waals surface area contributed by atoms with E-state index in [0.717, 1.165) is 24.3 Å². The number of H-pyrrole nitrogens is 1. The van der Waals surface area contributed by atoms with E-state index < -0.39 is 12.0 Å². The Bertz CT molecular complexity index is 1380. The molecular formula is C23H18Cl2FN7O. The lowest BCUT2D eigenvalue weighted by atomic mass is 10.0. The van der Waals surface area contributed by atoms with E-state index in [0.29, 0.717) is 28.6 Å². The molecule has 8 nitrogen and oxygen atoms in total. The first kappa shape index (κ1) is 22.3. The standard InChI is InChI=1S/C23H18Cl2FN7O/c24-15-10-29-11-16(25)21(15)23(28)34-19-7-14-18(8-17(19)26)31-32-22(14)12-1-2-20(30-9-12)33-6-4-13(33)3-5-27/h1-2,7-11,13,23H,3-4,6,28H2,(H,31,32)/t13-,23+/m1/s1. The summed E-state index contributed by atoms with van der Waals surface area (Å²) in [5, 5.41) is 17.2. The fraction of sp³-hybridized carbons (Fsp3) is 0.217. The van der Waals surface area contributed by atoms with E-state index in [4.69, 9.17) is 38.9 Å². The van der Waals surface area contributed by atoms with Crippen LogP contribution in [0.2, 0.25) is 10.0 Å². The van der Waals surface area contributed by atoms with Crippen LogP contribution in [-0.2, 0) is 0 Å². The van der Waals surface area contributed by atoms with Gasteiger partial charge in [-0.3, -0.25) is 15.8 Å². The van der Waals surface area contributed by atoms with Crippen LogP contribution in [0.25, 0.3) is 22.2 Å². The molecule has 3 aromatic heterocycles. The molecule has 2 atom stereocenters. The third kappa shape index (κ3) is 4.01. The Kier molecular flexibility index (Phi) is 5.96. The van der Waals surface area contributed by atoms with Crippen molar-refractivity contribution in [1.82, 2.24) is 20.2 Å². The maximum atomic E-state index is 14.7. The third-order valence-corrected chi connectivity index (χ3v) is 6.43. The van der Waals surface area contributed by atoms with Crippen molar-refractivity contribution in [1.29, 1.82) is 5.26 Å². The van der Waals surface area contributed by atoms with Crippen molar-refractivity contribution in [2.24, 2.45) is 5.73 Å². The van der Waals surface area contributed by atoms with Crippen LogP contribution < -0.4 is 15.4 Å². The van der Waals surface area contributed by atoms with Gasteiger partial charge in [0.15, 0.2) is 17.8 Å². The number of aromatic amines is 1. The van der Waals surface area contributed by atoms with E-state index in [9.17, 15) is 4.39 Å². The number of hydrogen-bond acceptors (Lipinski definition) is 7. The highest BCUT2D eigenvalue weighted by Crippen LogP contribution is 2.35.